The number of hydrogen-bond donors (Lipinski definition) is 1. The second-order valence-electron chi connectivity index (χ2n) is 4.39. The standard InChI is InChI=1S/C12H19N5OS/c1-9-4-7-19-11(9)8-17-12(14-15-16-17)10(2)13-5-6-18-3/h4,7,10,13H,5-6,8H2,1-3H3. The van der Waals surface area contributed by atoms with E-state index in [9.17, 15) is 0 Å². The molecule has 2 aromatic heterocycles. The minimum absolute atomic E-state index is 0.102. The summed E-state index contributed by atoms with van der Waals surface area (Å²) in [6.45, 7) is 6.34. The zero-order valence-corrected chi connectivity index (χ0v) is 12.3. The smallest absolute Gasteiger partial charge is 0.168 e. The summed E-state index contributed by atoms with van der Waals surface area (Å²) in [5.74, 6) is 0.851. The fourth-order valence-electron chi connectivity index (χ4n) is 1.81. The largest absolute Gasteiger partial charge is 0.383 e. The highest BCUT2D eigenvalue weighted by molar-refractivity contribution is 7.10. The van der Waals surface area contributed by atoms with Crippen molar-refractivity contribution in [2.45, 2.75) is 26.4 Å². The van der Waals surface area contributed by atoms with Gasteiger partial charge in [-0.25, -0.2) is 4.68 Å². The SMILES string of the molecule is COCCNC(C)c1nnnn1Cc1sccc1C. The summed E-state index contributed by atoms with van der Waals surface area (Å²) < 4.78 is 6.87. The Kier molecular flexibility index (Phi) is 5.00. The van der Waals surface area contributed by atoms with Crippen LogP contribution in [0.5, 0.6) is 0 Å². The van der Waals surface area contributed by atoms with Crippen LogP contribution in [0.15, 0.2) is 11.4 Å². The maximum atomic E-state index is 5.02. The second-order valence-corrected chi connectivity index (χ2v) is 5.39. The third kappa shape index (κ3) is 3.59. The average molecular weight is 281 g/mol. The van der Waals surface area contributed by atoms with Gasteiger partial charge in [0.15, 0.2) is 5.82 Å². The Morgan fingerprint density at radius 1 is 1.53 bits per heavy atom. The lowest BCUT2D eigenvalue weighted by atomic mass is 10.3. The van der Waals surface area contributed by atoms with Crippen LogP contribution in [0.1, 0.15) is 29.2 Å². The molecule has 2 heterocycles. The average Bonchev–Trinajstić information content (AvgIpc) is 3.00. The van der Waals surface area contributed by atoms with Gasteiger partial charge in [0.2, 0.25) is 0 Å². The van der Waals surface area contributed by atoms with Gasteiger partial charge in [-0.1, -0.05) is 0 Å². The predicted octanol–water partition coefficient (Wildman–Crippen LogP) is 1.39. The molecule has 0 aliphatic rings. The molecule has 1 unspecified atom stereocenters. The van der Waals surface area contributed by atoms with E-state index in [1.54, 1.807) is 18.4 Å². The summed E-state index contributed by atoms with van der Waals surface area (Å²) in [5, 5.41) is 17.4. The maximum absolute atomic E-state index is 5.02. The Hall–Kier alpha value is -1.31. The second kappa shape index (κ2) is 6.74. The first-order valence-electron chi connectivity index (χ1n) is 6.23. The third-order valence-electron chi connectivity index (χ3n) is 2.97. The van der Waals surface area contributed by atoms with Crippen molar-refractivity contribution in [2.75, 3.05) is 20.3 Å². The number of methoxy groups -OCH3 is 1. The first-order chi connectivity index (χ1) is 9.22. The van der Waals surface area contributed by atoms with Crippen LogP contribution in [0.25, 0.3) is 0 Å². The summed E-state index contributed by atoms with van der Waals surface area (Å²) >= 11 is 1.73. The topological polar surface area (TPSA) is 64.9 Å². The van der Waals surface area contributed by atoms with Crippen LogP contribution in [-0.2, 0) is 11.3 Å². The van der Waals surface area contributed by atoms with E-state index in [1.807, 2.05) is 4.68 Å². The van der Waals surface area contributed by atoms with E-state index in [0.29, 0.717) is 6.61 Å². The molecule has 0 radical (unpaired) electrons. The van der Waals surface area contributed by atoms with Crippen LogP contribution in [0.2, 0.25) is 0 Å². The molecule has 0 aliphatic heterocycles. The number of nitrogens with one attached hydrogen (secondary N) is 1. The quantitative estimate of drug-likeness (QED) is 0.777. The molecular weight excluding hydrogens is 262 g/mol. The monoisotopic (exact) mass is 281 g/mol. The molecule has 2 aromatic rings. The summed E-state index contributed by atoms with van der Waals surface area (Å²) in [6, 6.07) is 2.22. The molecule has 0 saturated heterocycles. The van der Waals surface area contributed by atoms with Crippen molar-refractivity contribution in [2.24, 2.45) is 0 Å². The van der Waals surface area contributed by atoms with Crippen molar-refractivity contribution in [1.82, 2.24) is 25.5 Å². The molecule has 6 nitrogen and oxygen atoms in total. The molecule has 0 saturated carbocycles. The molecule has 7 heteroatoms. The normalized spacial score (nSPS) is 12.8. The van der Waals surface area contributed by atoms with Crippen molar-refractivity contribution in [3.8, 4) is 0 Å². The van der Waals surface area contributed by atoms with E-state index < -0.39 is 0 Å². The van der Waals surface area contributed by atoms with Crippen LogP contribution in [0.3, 0.4) is 0 Å². The number of tetrazole rings is 1. The Bertz CT molecular complexity index is 510. The lowest BCUT2D eigenvalue weighted by Crippen LogP contribution is -2.26. The van der Waals surface area contributed by atoms with E-state index in [2.05, 4.69) is 46.1 Å². The molecule has 1 atom stereocenters. The van der Waals surface area contributed by atoms with E-state index in [0.717, 1.165) is 18.9 Å². The summed E-state index contributed by atoms with van der Waals surface area (Å²) in [7, 11) is 1.69. The number of ether oxygens (including phenoxy) is 1. The molecule has 0 aliphatic carbocycles. The van der Waals surface area contributed by atoms with Crippen LogP contribution < -0.4 is 5.32 Å². The Morgan fingerprint density at radius 2 is 2.37 bits per heavy atom. The summed E-state index contributed by atoms with van der Waals surface area (Å²) in [6.07, 6.45) is 0. The molecule has 0 spiro atoms. The summed E-state index contributed by atoms with van der Waals surface area (Å²) in [5.41, 5.74) is 1.28. The predicted molar refractivity (Wildman–Crippen MR) is 74.3 cm³/mol. The van der Waals surface area contributed by atoms with Crippen LogP contribution in [0.4, 0.5) is 0 Å². The van der Waals surface area contributed by atoms with Crippen LogP contribution >= 0.6 is 11.3 Å². The molecule has 0 aromatic carbocycles. The molecule has 1 N–H and O–H groups in total. The molecule has 104 valence electrons. The fourth-order valence-corrected chi connectivity index (χ4v) is 2.69. The zero-order valence-electron chi connectivity index (χ0n) is 11.5. The Morgan fingerprint density at radius 3 is 3.05 bits per heavy atom. The Labute approximate surface area is 116 Å². The van der Waals surface area contributed by atoms with E-state index in [-0.39, 0.29) is 6.04 Å². The van der Waals surface area contributed by atoms with E-state index in [1.165, 1.54) is 10.4 Å². The number of nitrogens with zero attached hydrogens (tertiary/aromatic N) is 4. The van der Waals surface area contributed by atoms with E-state index in [4.69, 9.17) is 4.74 Å². The lowest BCUT2D eigenvalue weighted by molar-refractivity contribution is 0.196. The lowest BCUT2D eigenvalue weighted by Gasteiger charge is -2.13. The molecule has 0 bridgehead atoms. The Balaban J connectivity index is 2.03. The minimum Gasteiger partial charge on any atom is -0.383 e. The van der Waals surface area contributed by atoms with Gasteiger partial charge in [0.05, 0.1) is 19.2 Å². The fraction of sp³-hybridized carbons (Fsp3) is 0.583. The van der Waals surface area contributed by atoms with Gasteiger partial charge in [0, 0.05) is 18.5 Å². The van der Waals surface area contributed by atoms with Gasteiger partial charge in [-0.15, -0.1) is 16.4 Å². The highest BCUT2D eigenvalue weighted by atomic mass is 32.1. The van der Waals surface area contributed by atoms with Gasteiger partial charge in [-0.05, 0) is 41.3 Å². The number of thiophene rings is 1. The van der Waals surface area contributed by atoms with Crippen LogP contribution in [0, 0.1) is 6.92 Å². The molecule has 2 rings (SSSR count). The number of hydrogen-bond acceptors (Lipinski definition) is 6. The minimum atomic E-state index is 0.102. The van der Waals surface area contributed by atoms with Crippen molar-refractivity contribution in [3.63, 3.8) is 0 Å². The number of aryl methyl sites for hydroxylation is 1. The van der Waals surface area contributed by atoms with Crippen molar-refractivity contribution in [1.29, 1.82) is 0 Å². The highest BCUT2D eigenvalue weighted by Crippen LogP contribution is 2.18. The maximum Gasteiger partial charge on any atom is 0.168 e. The van der Waals surface area contributed by atoms with E-state index >= 15 is 0 Å². The molecule has 19 heavy (non-hydrogen) atoms. The van der Waals surface area contributed by atoms with Crippen LogP contribution in [-0.4, -0.2) is 40.5 Å². The number of aromatic nitrogens is 4. The number of rotatable bonds is 7. The zero-order chi connectivity index (χ0) is 13.7. The molecular formula is C12H19N5OS. The van der Waals surface area contributed by atoms with Gasteiger partial charge < -0.3 is 10.1 Å². The van der Waals surface area contributed by atoms with Gasteiger partial charge in [0.1, 0.15) is 0 Å². The third-order valence-corrected chi connectivity index (χ3v) is 3.97. The van der Waals surface area contributed by atoms with Gasteiger partial charge in [-0.3, -0.25) is 0 Å². The van der Waals surface area contributed by atoms with Crippen molar-refractivity contribution < 1.29 is 4.74 Å². The van der Waals surface area contributed by atoms with Crippen molar-refractivity contribution in [3.05, 3.63) is 27.7 Å². The molecule has 0 amide bonds. The van der Waals surface area contributed by atoms with Gasteiger partial charge in [-0.2, -0.15) is 0 Å². The molecule has 0 fully saturated rings. The first-order valence-corrected chi connectivity index (χ1v) is 7.11. The van der Waals surface area contributed by atoms with Gasteiger partial charge >= 0.3 is 0 Å². The summed E-state index contributed by atoms with van der Waals surface area (Å²) in [4.78, 5) is 1.29. The van der Waals surface area contributed by atoms with Gasteiger partial charge in [0.25, 0.3) is 0 Å². The highest BCUT2D eigenvalue weighted by Gasteiger charge is 2.15. The first kappa shape index (κ1) is 14.1. The van der Waals surface area contributed by atoms with Crippen molar-refractivity contribution >= 4 is 11.3 Å².